The van der Waals surface area contributed by atoms with Crippen molar-refractivity contribution in [1.29, 1.82) is 0 Å². The summed E-state index contributed by atoms with van der Waals surface area (Å²) in [6.45, 7) is 1.70. The third-order valence-electron chi connectivity index (χ3n) is 4.46. The van der Waals surface area contributed by atoms with Gasteiger partial charge in [0.2, 0.25) is 11.8 Å². The summed E-state index contributed by atoms with van der Waals surface area (Å²) in [5.41, 5.74) is -0.327. The second-order valence-electron chi connectivity index (χ2n) is 6.93. The Kier molecular flexibility index (Phi) is 8.82. The van der Waals surface area contributed by atoms with Crippen LogP contribution in [0.1, 0.15) is 18.9 Å². The zero-order valence-corrected chi connectivity index (χ0v) is 17.8. The van der Waals surface area contributed by atoms with E-state index in [0.29, 0.717) is 19.0 Å². The molecule has 5 nitrogen and oxygen atoms in total. The van der Waals surface area contributed by atoms with Gasteiger partial charge < -0.3 is 10.2 Å². The molecule has 0 aliphatic rings. The molecule has 2 amide bonds. The van der Waals surface area contributed by atoms with E-state index >= 15 is 0 Å². The molecule has 31 heavy (non-hydrogen) atoms. The largest absolute Gasteiger partial charge is 0.340 e. The standard InChI is InChI=1S/C21H22ClF4N3O2/c1-3-9-29(11-18(30)27-17-8-7-16(24)20(25)21(17)26)12-19(31)28(2)10-13-14(22)5-4-6-15(13)23/h4-8H,3,9-12H2,1-2H3,(H,27,30). The monoisotopic (exact) mass is 459 g/mol. The van der Waals surface area contributed by atoms with E-state index in [9.17, 15) is 27.2 Å². The van der Waals surface area contributed by atoms with E-state index in [1.807, 2.05) is 6.92 Å². The number of hydrogen-bond donors (Lipinski definition) is 1. The molecule has 0 saturated carbocycles. The summed E-state index contributed by atoms with van der Waals surface area (Å²) in [5, 5.41) is 2.36. The molecule has 2 rings (SSSR count). The molecular weight excluding hydrogens is 438 g/mol. The van der Waals surface area contributed by atoms with Gasteiger partial charge in [0.05, 0.1) is 18.8 Å². The minimum atomic E-state index is -1.69. The van der Waals surface area contributed by atoms with Gasteiger partial charge >= 0.3 is 0 Å². The lowest BCUT2D eigenvalue weighted by atomic mass is 10.2. The normalized spacial score (nSPS) is 11.0. The molecule has 0 aliphatic heterocycles. The van der Waals surface area contributed by atoms with Gasteiger partial charge in [0.1, 0.15) is 5.82 Å². The van der Waals surface area contributed by atoms with Crippen LogP contribution >= 0.6 is 11.6 Å². The first-order chi connectivity index (χ1) is 14.6. The Morgan fingerprint density at radius 2 is 1.71 bits per heavy atom. The SMILES string of the molecule is CCCN(CC(=O)Nc1ccc(F)c(F)c1F)CC(=O)N(C)Cc1c(F)cccc1Cl. The van der Waals surface area contributed by atoms with Crippen molar-refractivity contribution in [2.75, 3.05) is 32.0 Å². The lowest BCUT2D eigenvalue weighted by Crippen LogP contribution is -2.42. The van der Waals surface area contributed by atoms with Crippen LogP contribution in [0.5, 0.6) is 0 Å². The Hall–Kier alpha value is -2.65. The predicted molar refractivity (Wildman–Crippen MR) is 110 cm³/mol. The number of anilines is 1. The van der Waals surface area contributed by atoms with Crippen molar-refractivity contribution >= 4 is 29.1 Å². The molecule has 0 atom stereocenters. The number of carbonyl (C=O) groups is 2. The summed E-state index contributed by atoms with van der Waals surface area (Å²) in [6.07, 6.45) is 0.614. The Bertz CT molecular complexity index is 938. The van der Waals surface area contributed by atoms with Crippen molar-refractivity contribution < 1.29 is 27.2 Å². The van der Waals surface area contributed by atoms with Gasteiger partial charge in [-0.1, -0.05) is 24.6 Å². The van der Waals surface area contributed by atoms with Gasteiger partial charge in [0, 0.05) is 24.2 Å². The Labute approximate surface area is 182 Å². The lowest BCUT2D eigenvalue weighted by molar-refractivity contribution is -0.132. The quantitative estimate of drug-likeness (QED) is 0.451. The van der Waals surface area contributed by atoms with Gasteiger partial charge in [0.25, 0.3) is 0 Å². The van der Waals surface area contributed by atoms with Crippen LogP contribution in [0.15, 0.2) is 30.3 Å². The highest BCUT2D eigenvalue weighted by molar-refractivity contribution is 6.31. The molecule has 2 aromatic rings. The fraction of sp³-hybridized carbons (Fsp3) is 0.333. The number of hydrogen-bond acceptors (Lipinski definition) is 3. The number of rotatable bonds is 9. The molecule has 10 heteroatoms. The first kappa shape index (κ1) is 24.6. The number of likely N-dealkylation sites (N-methyl/N-ethyl adjacent to an activating group) is 1. The van der Waals surface area contributed by atoms with Crippen LogP contribution < -0.4 is 5.32 Å². The van der Waals surface area contributed by atoms with E-state index in [2.05, 4.69) is 5.32 Å². The van der Waals surface area contributed by atoms with Crippen LogP contribution in [-0.2, 0) is 16.1 Å². The number of benzene rings is 2. The van der Waals surface area contributed by atoms with Crippen molar-refractivity contribution in [1.82, 2.24) is 9.80 Å². The molecule has 168 valence electrons. The summed E-state index contributed by atoms with van der Waals surface area (Å²) < 4.78 is 54.1. The summed E-state index contributed by atoms with van der Waals surface area (Å²) >= 11 is 5.99. The highest BCUT2D eigenvalue weighted by Crippen LogP contribution is 2.21. The van der Waals surface area contributed by atoms with Gasteiger partial charge in [-0.15, -0.1) is 0 Å². The molecule has 0 saturated heterocycles. The molecule has 0 bridgehead atoms. The van der Waals surface area contributed by atoms with Gasteiger partial charge in [-0.2, -0.15) is 0 Å². The average Bonchev–Trinajstić information content (AvgIpc) is 2.71. The van der Waals surface area contributed by atoms with Crippen LogP contribution in [0, 0.1) is 23.3 Å². The fourth-order valence-corrected chi connectivity index (χ4v) is 3.09. The highest BCUT2D eigenvalue weighted by Gasteiger charge is 2.20. The summed E-state index contributed by atoms with van der Waals surface area (Å²) in [4.78, 5) is 27.6. The zero-order valence-electron chi connectivity index (χ0n) is 17.0. The second kappa shape index (κ2) is 11.1. The van der Waals surface area contributed by atoms with Crippen LogP contribution in [0.3, 0.4) is 0 Å². The molecule has 0 fully saturated rings. The summed E-state index contributed by atoms with van der Waals surface area (Å²) in [6, 6.07) is 5.82. The minimum absolute atomic E-state index is 0.0590. The van der Waals surface area contributed by atoms with Gasteiger partial charge in [0.15, 0.2) is 17.5 Å². The maximum Gasteiger partial charge on any atom is 0.238 e. The van der Waals surface area contributed by atoms with Gasteiger partial charge in [-0.3, -0.25) is 14.5 Å². The number of nitrogens with zero attached hydrogens (tertiary/aromatic N) is 2. The molecule has 0 heterocycles. The lowest BCUT2D eigenvalue weighted by Gasteiger charge is -2.25. The first-order valence-electron chi connectivity index (χ1n) is 9.46. The van der Waals surface area contributed by atoms with Crippen LogP contribution in [-0.4, -0.2) is 48.3 Å². The van der Waals surface area contributed by atoms with E-state index in [0.717, 1.165) is 6.07 Å². The van der Waals surface area contributed by atoms with E-state index < -0.39 is 34.9 Å². The minimum Gasteiger partial charge on any atom is -0.340 e. The third-order valence-corrected chi connectivity index (χ3v) is 4.81. The Morgan fingerprint density at radius 1 is 1.00 bits per heavy atom. The van der Waals surface area contributed by atoms with Crippen molar-refractivity contribution in [2.24, 2.45) is 0 Å². The smallest absolute Gasteiger partial charge is 0.238 e. The van der Waals surface area contributed by atoms with Crippen molar-refractivity contribution in [3.05, 3.63) is 64.2 Å². The third kappa shape index (κ3) is 6.67. The number of amides is 2. The molecule has 0 unspecified atom stereocenters. The maximum absolute atomic E-state index is 14.0. The topological polar surface area (TPSA) is 52.7 Å². The van der Waals surface area contributed by atoms with Crippen LogP contribution in [0.25, 0.3) is 0 Å². The maximum atomic E-state index is 14.0. The van der Waals surface area contributed by atoms with E-state index in [1.54, 1.807) is 0 Å². The van der Waals surface area contributed by atoms with E-state index in [-0.39, 0.29) is 36.1 Å². The second-order valence-corrected chi connectivity index (χ2v) is 7.34. The molecule has 1 N–H and O–H groups in total. The fourth-order valence-electron chi connectivity index (χ4n) is 2.87. The predicted octanol–water partition coefficient (Wildman–Crippen LogP) is 4.21. The zero-order chi connectivity index (χ0) is 23.1. The Balaban J connectivity index is 2.00. The van der Waals surface area contributed by atoms with Gasteiger partial charge in [-0.05, 0) is 37.2 Å². The summed E-state index contributed by atoms with van der Waals surface area (Å²) in [5.74, 6) is -6.19. The molecular formula is C21H22ClF4N3O2. The average molecular weight is 460 g/mol. The van der Waals surface area contributed by atoms with E-state index in [1.165, 1.54) is 35.0 Å². The molecule has 2 aromatic carbocycles. The Morgan fingerprint density at radius 3 is 2.35 bits per heavy atom. The van der Waals surface area contributed by atoms with Crippen molar-refractivity contribution in [3.8, 4) is 0 Å². The molecule has 0 radical (unpaired) electrons. The number of nitrogens with one attached hydrogen (secondary N) is 1. The van der Waals surface area contributed by atoms with E-state index in [4.69, 9.17) is 11.6 Å². The first-order valence-corrected chi connectivity index (χ1v) is 9.84. The molecule has 0 aliphatic carbocycles. The molecule has 0 aromatic heterocycles. The highest BCUT2D eigenvalue weighted by atomic mass is 35.5. The van der Waals surface area contributed by atoms with Crippen LogP contribution in [0.2, 0.25) is 5.02 Å². The molecule has 0 spiro atoms. The van der Waals surface area contributed by atoms with Gasteiger partial charge in [-0.25, -0.2) is 17.6 Å². The summed E-state index contributed by atoms with van der Waals surface area (Å²) in [7, 11) is 1.48. The van der Waals surface area contributed by atoms with Crippen LogP contribution in [0.4, 0.5) is 23.2 Å². The number of halogens is 5. The number of carbonyl (C=O) groups excluding carboxylic acids is 2. The van der Waals surface area contributed by atoms with Crippen molar-refractivity contribution in [2.45, 2.75) is 19.9 Å². The van der Waals surface area contributed by atoms with Crippen molar-refractivity contribution in [3.63, 3.8) is 0 Å².